The highest BCUT2D eigenvalue weighted by molar-refractivity contribution is 5.04. The van der Waals surface area contributed by atoms with Crippen LogP contribution in [0.4, 0.5) is 0 Å². The Morgan fingerprint density at radius 3 is 2.05 bits per heavy atom. The van der Waals surface area contributed by atoms with Crippen LogP contribution in [0.15, 0.2) is 0 Å². The first-order valence-electron chi connectivity index (χ1n) is 9.00. The molecule has 0 aliphatic heterocycles. The highest BCUT2D eigenvalue weighted by Crippen LogP contribution is 2.25. The maximum absolute atomic E-state index is 9.89. The van der Waals surface area contributed by atoms with E-state index in [9.17, 15) is 5.11 Å². The van der Waals surface area contributed by atoms with E-state index in [0.29, 0.717) is 5.92 Å². The highest BCUT2D eigenvalue weighted by Gasteiger charge is 2.18. The summed E-state index contributed by atoms with van der Waals surface area (Å²) in [5, 5.41) is 9.89. The summed E-state index contributed by atoms with van der Waals surface area (Å²) in [6.07, 6.45) is 16.4. The largest absolute Gasteiger partial charge is 0.378 e. The number of hydrogen-bond donors (Lipinski definition) is 1. The van der Waals surface area contributed by atoms with Crippen molar-refractivity contribution in [3.63, 3.8) is 0 Å². The van der Waals surface area contributed by atoms with Crippen molar-refractivity contribution < 1.29 is 5.11 Å². The van der Waals surface area contributed by atoms with E-state index in [-0.39, 0.29) is 0 Å². The van der Waals surface area contributed by atoms with Crippen molar-refractivity contribution >= 4 is 0 Å². The predicted octanol–water partition coefficient (Wildman–Crippen LogP) is 5.81. The van der Waals surface area contributed by atoms with Gasteiger partial charge in [0.15, 0.2) is 0 Å². The lowest BCUT2D eigenvalue weighted by Gasteiger charge is -2.21. The first-order valence-corrected chi connectivity index (χ1v) is 9.00. The molecule has 0 aliphatic carbocycles. The van der Waals surface area contributed by atoms with Gasteiger partial charge in [-0.2, -0.15) is 0 Å². The predicted molar refractivity (Wildman–Crippen MR) is 94.2 cm³/mol. The monoisotopic (exact) mass is 294 g/mol. The molecule has 1 heteroatoms. The zero-order valence-electron chi connectivity index (χ0n) is 15.1. The Hall–Kier alpha value is -0.480. The Morgan fingerprint density at radius 1 is 1.00 bits per heavy atom. The van der Waals surface area contributed by atoms with Gasteiger partial charge in [-0.1, -0.05) is 78.6 Å². The minimum absolute atomic E-state index is 0.715. The van der Waals surface area contributed by atoms with E-state index in [0.717, 1.165) is 24.7 Å². The van der Waals surface area contributed by atoms with E-state index in [4.69, 9.17) is 6.42 Å². The van der Waals surface area contributed by atoms with Gasteiger partial charge in [0.05, 0.1) is 0 Å². The molecule has 0 aromatic carbocycles. The summed E-state index contributed by atoms with van der Waals surface area (Å²) >= 11 is 0. The van der Waals surface area contributed by atoms with Crippen molar-refractivity contribution in [2.24, 2.45) is 17.8 Å². The van der Waals surface area contributed by atoms with Gasteiger partial charge in [-0.25, -0.2) is 0 Å². The van der Waals surface area contributed by atoms with E-state index in [2.05, 4.69) is 33.6 Å². The van der Waals surface area contributed by atoms with Gasteiger partial charge in [0.2, 0.25) is 0 Å². The Bertz CT molecular complexity index is 285. The zero-order chi connectivity index (χ0) is 16.3. The van der Waals surface area contributed by atoms with Crippen LogP contribution in [0.1, 0.15) is 92.4 Å². The van der Waals surface area contributed by atoms with Crippen molar-refractivity contribution in [1.82, 2.24) is 0 Å². The molecule has 3 atom stereocenters. The first kappa shape index (κ1) is 20.5. The second-order valence-electron chi connectivity index (χ2n) is 7.59. The number of terminal acetylenes is 1. The maximum atomic E-state index is 9.89. The fraction of sp³-hybridized carbons (Fsp3) is 0.900. The summed E-state index contributed by atoms with van der Waals surface area (Å²) in [5.41, 5.74) is -0.919. The molecule has 0 aromatic heterocycles. The normalized spacial score (nSPS) is 17.2. The molecular formula is C20H38O. The Morgan fingerprint density at radius 2 is 1.57 bits per heavy atom. The molecule has 1 nitrogen and oxygen atoms in total. The van der Waals surface area contributed by atoms with Crippen LogP contribution >= 0.6 is 0 Å². The molecule has 0 saturated carbocycles. The Balaban J connectivity index is 3.79. The van der Waals surface area contributed by atoms with E-state index in [1.807, 2.05) is 0 Å². The summed E-state index contributed by atoms with van der Waals surface area (Å²) < 4.78 is 0. The molecule has 0 bridgehead atoms. The third kappa shape index (κ3) is 11.8. The minimum atomic E-state index is -0.919. The Labute approximate surface area is 133 Å². The lowest BCUT2D eigenvalue weighted by atomic mass is 9.87. The molecule has 0 aromatic rings. The lowest BCUT2D eigenvalue weighted by Crippen LogP contribution is -2.22. The van der Waals surface area contributed by atoms with Crippen molar-refractivity contribution in [3.05, 3.63) is 0 Å². The van der Waals surface area contributed by atoms with Crippen molar-refractivity contribution in [2.75, 3.05) is 0 Å². The second-order valence-corrected chi connectivity index (χ2v) is 7.59. The second kappa shape index (κ2) is 11.1. The number of rotatable bonds is 12. The quantitative estimate of drug-likeness (QED) is 0.450. The van der Waals surface area contributed by atoms with Crippen LogP contribution in [-0.4, -0.2) is 10.7 Å². The molecule has 0 aliphatic rings. The molecule has 21 heavy (non-hydrogen) atoms. The van der Waals surface area contributed by atoms with E-state index in [1.165, 1.54) is 44.9 Å². The molecule has 0 rings (SSSR count). The van der Waals surface area contributed by atoms with Gasteiger partial charge in [-0.3, -0.25) is 0 Å². The zero-order valence-corrected chi connectivity index (χ0v) is 15.1. The van der Waals surface area contributed by atoms with Gasteiger partial charge < -0.3 is 5.11 Å². The average molecular weight is 295 g/mol. The van der Waals surface area contributed by atoms with Gasteiger partial charge >= 0.3 is 0 Å². The third-order valence-electron chi connectivity index (χ3n) is 4.72. The topological polar surface area (TPSA) is 20.2 Å². The van der Waals surface area contributed by atoms with Crippen LogP contribution in [-0.2, 0) is 0 Å². The first-order chi connectivity index (χ1) is 9.80. The number of aliphatic hydroxyl groups is 1. The van der Waals surface area contributed by atoms with Crippen LogP contribution in [0.2, 0.25) is 0 Å². The maximum Gasteiger partial charge on any atom is 0.122 e. The molecule has 0 saturated heterocycles. The molecule has 0 spiro atoms. The van der Waals surface area contributed by atoms with Crippen LogP contribution in [0.3, 0.4) is 0 Å². The fourth-order valence-electron chi connectivity index (χ4n) is 2.88. The van der Waals surface area contributed by atoms with Crippen LogP contribution < -0.4 is 0 Å². The molecule has 0 fully saturated rings. The molecule has 124 valence electrons. The molecule has 3 unspecified atom stereocenters. The Kier molecular flexibility index (Phi) is 10.9. The third-order valence-corrected chi connectivity index (χ3v) is 4.72. The van der Waals surface area contributed by atoms with Crippen molar-refractivity contribution in [1.29, 1.82) is 0 Å². The molecule has 0 heterocycles. The average Bonchev–Trinajstić information content (AvgIpc) is 2.42. The molecule has 1 N–H and O–H groups in total. The summed E-state index contributed by atoms with van der Waals surface area (Å²) in [6.45, 7) is 11.0. The lowest BCUT2D eigenvalue weighted by molar-refractivity contribution is 0.102. The van der Waals surface area contributed by atoms with Crippen LogP contribution in [0.25, 0.3) is 0 Å². The van der Waals surface area contributed by atoms with Crippen molar-refractivity contribution in [2.45, 2.75) is 98.0 Å². The van der Waals surface area contributed by atoms with Gasteiger partial charge in [0.1, 0.15) is 5.60 Å². The van der Waals surface area contributed by atoms with Gasteiger partial charge in [-0.15, -0.1) is 6.42 Å². The van der Waals surface area contributed by atoms with E-state index >= 15 is 0 Å². The summed E-state index contributed by atoms with van der Waals surface area (Å²) in [5.74, 6) is 4.89. The van der Waals surface area contributed by atoms with Crippen LogP contribution in [0, 0.1) is 30.1 Å². The SMILES string of the molecule is C#CC(C)(O)CCC(CC)CCCC(C)CCCC(C)C. The van der Waals surface area contributed by atoms with E-state index < -0.39 is 5.60 Å². The summed E-state index contributed by atoms with van der Waals surface area (Å²) in [4.78, 5) is 0. The van der Waals surface area contributed by atoms with Crippen LogP contribution in [0.5, 0.6) is 0 Å². The summed E-state index contributed by atoms with van der Waals surface area (Å²) in [7, 11) is 0. The molecule has 0 amide bonds. The van der Waals surface area contributed by atoms with E-state index in [1.54, 1.807) is 6.92 Å². The molecule has 0 radical (unpaired) electrons. The molecular weight excluding hydrogens is 256 g/mol. The standard InChI is InChI=1S/C20H38O/c1-7-19(15-16-20(6,21)8-2)14-10-13-18(5)12-9-11-17(3)4/h2,17-19,21H,7,9-16H2,1,3-6H3. The van der Waals surface area contributed by atoms with Gasteiger partial charge in [-0.05, 0) is 37.5 Å². The van der Waals surface area contributed by atoms with Gasteiger partial charge in [0.25, 0.3) is 0 Å². The van der Waals surface area contributed by atoms with Gasteiger partial charge in [0, 0.05) is 0 Å². The smallest absolute Gasteiger partial charge is 0.122 e. The van der Waals surface area contributed by atoms with Crippen molar-refractivity contribution in [3.8, 4) is 12.3 Å². The minimum Gasteiger partial charge on any atom is -0.378 e. The fourth-order valence-corrected chi connectivity index (χ4v) is 2.88. The number of hydrogen-bond acceptors (Lipinski definition) is 1. The highest BCUT2D eigenvalue weighted by atomic mass is 16.3. The summed E-state index contributed by atoms with van der Waals surface area (Å²) in [6, 6.07) is 0.